The van der Waals surface area contributed by atoms with Gasteiger partial charge in [0.2, 0.25) is 0 Å². The number of carbonyl (C=O) groups is 1. The summed E-state index contributed by atoms with van der Waals surface area (Å²) in [5.74, 6) is 0.720. The third-order valence-electron chi connectivity index (χ3n) is 5.56. The fraction of sp³-hybridized carbons (Fsp3) is 0.579. The van der Waals surface area contributed by atoms with Gasteiger partial charge in [0.05, 0.1) is 31.5 Å². The third-order valence-corrected chi connectivity index (χ3v) is 5.56. The van der Waals surface area contributed by atoms with Crippen LogP contribution in [0.1, 0.15) is 49.4 Å². The summed E-state index contributed by atoms with van der Waals surface area (Å²) >= 11 is 0. The number of carboxylic acid groups (broad SMARTS) is 1. The average molecular weight is 358 g/mol. The molecule has 2 aromatic heterocycles. The Hall–Kier alpha value is -2.12. The Morgan fingerprint density at radius 1 is 1.27 bits per heavy atom. The van der Waals surface area contributed by atoms with Crippen molar-refractivity contribution in [1.82, 2.24) is 20.0 Å². The number of morpholine rings is 1. The van der Waals surface area contributed by atoms with Crippen molar-refractivity contribution in [3.63, 3.8) is 0 Å². The first-order valence-electron chi connectivity index (χ1n) is 9.47. The van der Waals surface area contributed by atoms with Crippen LogP contribution in [0.15, 0.2) is 24.5 Å². The summed E-state index contributed by atoms with van der Waals surface area (Å²) in [4.78, 5) is 15.1. The van der Waals surface area contributed by atoms with E-state index in [1.165, 1.54) is 37.7 Å². The highest BCUT2D eigenvalue weighted by atomic mass is 16.5. The van der Waals surface area contributed by atoms with Crippen LogP contribution in [0, 0.1) is 5.92 Å². The van der Waals surface area contributed by atoms with Crippen LogP contribution in [0.5, 0.6) is 0 Å². The molecule has 2 aliphatic rings. The van der Waals surface area contributed by atoms with Crippen LogP contribution < -0.4 is 10.6 Å². The summed E-state index contributed by atoms with van der Waals surface area (Å²) in [5, 5.41) is 14.9. The number of nitrogens with one attached hydrogen (secondary N) is 2. The summed E-state index contributed by atoms with van der Waals surface area (Å²) < 4.78 is 7.88. The molecule has 1 saturated heterocycles. The molecule has 0 bridgehead atoms. The lowest BCUT2D eigenvalue weighted by atomic mass is 9.83. The van der Waals surface area contributed by atoms with E-state index in [-0.39, 0.29) is 12.6 Å². The molecule has 1 saturated carbocycles. The van der Waals surface area contributed by atoms with E-state index in [2.05, 4.69) is 27.9 Å². The second-order valence-electron chi connectivity index (χ2n) is 7.38. The lowest BCUT2D eigenvalue weighted by molar-refractivity contribution is 0.0201. The first-order valence-corrected chi connectivity index (χ1v) is 9.47. The molecule has 0 unspecified atom stereocenters. The van der Waals surface area contributed by atoms with Crippen molar-refractivity contribution < 1.29 is 14.6 Å². The van der Waals surface area contributed by atoms with Gasteiger partial charge in [-0.05, 0) is 30.4 Å². The monoisotopic (exact) mass is 358 g/mol. The van der Waals surface area contributed by atoms with Gasteiger partial charge in [-0.3, -0.25) is 0 Å². The maximum absolute atomic E-state index is 10.6. The first-order chi connectivity index (χ1) is 12.7. The highest BCUT2D eigenvalue weighted by Crippen LogP contribution is 2.30. The van der Waals surface area contributed by atoms with Crippen molar-refractivity contribution >= 4 is 11.7 Å². The molecule has 140 valence electrons. The molecule has 26 heavy (non-hydrogen) atoms. The average Bonchev–Trinajstić information content (AvgIpc) is 3.09. The standard InChI is InChI=1S/C19H26N4O3/c24-19(25)20-8-15-10-23-9-14(6-7-18(23)21-15)17-12-26-11-16(22-17)13-4-2-1-3-5-13/h6-7,9-10,13,16-17,20,22H,1-5,8,11-12H2,(H,24,25)/t16-,17+/m0/s1. The van der Waals surface area contributed by atoms with Gasteiger partial charge in [0.25, 0.3) is 0 Å². The number of fused-ring (bicyclic) bond motifs is 1. The van der Waals surface area contributed by atoms with E-state index in [4.69, 9.17) is 9.84 Å². The van der Waals surface area contributed by atoms with Gasteiger partial charge in [-0.25, -0.2) is 9.78 Å². The molecule has 2 fully saturated rings. The third kappa shape index (κ3) is 3.83. The predicted molar refractivity (Wildman–Crippen MR) is 97.1 cm³/mol. The summed E-state index contributed by atoms with van der Waals surface area (Å²) in [7, 11) is 0. The van der Waals surface area contributed by atoms with Gasteiger partial charge in [-0.1, -0.05) is 25.3 Å². The predicted octanol–water partition coefficient (Wildman–Crippen LogP) is 2.71. The normalized spacial score (nSPS) is 24.6. The fourth-order valence-electron chi connectivity index (χ4n) is 4.19. The zero-order valence-corrected chi connectivity index (χ0v) is 14.9. The van der Waals surface area contributed by atoms with Crippen molar-refractivity contribution in [3.8, 4) is 0 Å². The van der Waals surface area contributed by atoms with Gasteiger partial charge in [-0.15, -0.1) is 0 Å². The first kappa shape index (κ1) is 17.3. The molecule has 1 aliphatic heterocycles. The zero-order chi connectivity index (χ0) is 17.9. The van der Waals surface area contributed by atoms with Crippen LogP contribution in [0.25, 0.3) is 5.65 Å². The Morgan fingerprint density at radius 3 is 2.92 bits per heavy atom. The Morgan fingerprint density at radius 2 is 2.12 bits per heavy atom. The molecule has 7 heteroatoms. The summed E-state index contributed by atoms with van der Waals surface area (Å²) in [6.45, 7) is 1.69. The highest BCUT2D eigenvalue weighted by molar-refractivity contribution is 5.64. The van der Waals surface area contributed by atoms with E-state index in [1.807, 2.05) is 16.7 Å². The second-order valence-corrected chi connectivity index (χ2v) is 7.38. The lowest BCUT2D eigenvalue weighted by Crippen LogP contribution is -2.48. The Labute approximate surface area is 152 Å². The van der Waals surface area contributed by atoms with Crippen LogP contribution in [0.4, 0.5) is 4.79 Å². The Bertz CT molecular complexity index is 769. The second kappa shape index (κ2) is 7.63. The SMILES string of the molecule is O=C(O)NCc1cn2cc([C@H]3COC[C@@H](C4CCCCC4)N3)ccc2n1. The molecular weight excluding hydrogens is 332 g/mol. The number of amides is 1. The van der Waals surface area contributed by atoms with Gasteiger partial charge in [0, 0.05) is 18.4 Å². The number of rotatable bonds is 4. The molecule has 1 amide bonds. The number of hydrogen-bond donors (Lipinski definition) is 3. The number of aromatic nitrogens is 2. The molecule has 7 nitrogen and oxygen atoms in total. The van der Waals surface area contributed by atoms with Crippen molar-refractivity contribution in [2.75, 3.05) is 13.2 Å². The minimum absolute atomic E-state index is 0.183. The Kier molecular flexibility index (Phi) is 5.08. The smallest absolute Gasteiger partial charge is 0.404 e. The molecule has 0 aromatic carbocycles. The van der Waals surface area contributed by atoms with E-state index >= 15 is 0 Å². The van der Waals surface area contributed by atoms with Crippen LogP contribution in [-0.4, -0.2) is 39.8 Å². The van der Waals surface area contributed by atoms with Crippen molar-refractivity contribution in [2.45, 2.75) is 50.7 Å². The maximum atomic E-state index is 10.6. The van der Waals surface area contributed by atoms with Crippen molar-refractivity contribution in [1.29, 1.82) is 0 Å². The lowest BCUT2D eigenvalue weighted by Gasteiger charge is -2.37. The van der Waals surface area contributed by atoms with Crippen LogP contribution in [0.2, 0.25) is 0 Å². The topological polar surface area (TPSA) is 87.9 Å². The number of pyridine rings is 1. The number of ether oxygens (including phenoxy) is 1. The largest absolute Gasteiger partial charge is 0.465 e. The van der Waals surface area contributed by atoms with Crippen LogP contribution in [-0.2, 0) is 11.3 Å². The van der Waals surface area contributed by atoms with E-state index in [0.717, 1.165) is 18.2 Å². The molecule has 2 atom stereocenters. The van der Waals surface area contributed by atoms with E-state index < -0.39 is 6.09 Å². The summed E-state index contributed by atoms with van der Waals surface area (Å²) in [6.07, 6.45) is 9.53. The number of imidazole rings is 1. The molecule has 3 heterocycles. The van der Waals surface area contributed by atoms with Gasteiger partial charge >= 0.3 is 6.09 Å². The zero-order valence-electron chi connectivity index (χ0n) is 14.9. The van der Waals surface area contributed by atoms with Crippen molar-refractivity contribution in [3.05, 3.63) is 35.8 Å². The molecule has 0 spiro atoms. The van der Waals surface area contributed by atoms with E-state index in [1.54, 1.807) is 0 Å². The number of nitrogens with zero attached hydrogens (tertiary/aromatic N) is 2. The van der Waals surface area contributed by atoms with Crippen LogP contribution in [0.3, 0.4) is 0 Å². The minimum atomic E-state index is -1.04. The summed E-state index contributed by atoms with van der Waals surface area (Å²) in [6, 6.07) is 4.68. The highest BCUT2D eigenvalue weighted by Gasteiger charge is 2.30. The Balaban J connectivity index is 1.47. The van der Waals surface area contributed by atoms with E-state index in [0.29, 0.717) is 18.3 Å². The molecule has 2 aromatic rings. The van der Waals surface area contributed by atoms with Crippen molar-refractivity contribution in [2.24, 2.45) is 5.92 Å². The fourth-order valence-corrected chi connectivity index (χ4v) is 4.19. The quantitative estimate of drug-likeness (QED) is 0.782. The van der Waals surface area contributed by atoms with Gasteiger partial charge in [0.15, 0.2) is 0 Å². The maximum Gasteiger partial charge on any atom is 0.404 e. The number of hydrogen-bond acceptors (Lipinski definition) is 4. The van der Waals surface area contributed by atoms with Gasteiger partial charge < -0.3 is 24.9 Å². The van der Waals surface area contributed by atoms with Crippen LogP contribution >= 0.6 is 0 Å². The minimum Gasteiger partial charge on any atom is -0.465 e. The molecule has 1 aliphatic carbocycles. The van der Waals surface area contributed by atoms with Gasteiger partial charge in [0.1, 0.15) is 5.65 Å². The molecule has 4 rings (SSSR count). The molecule has 0 radical (unpaired) electrons. The summed E-state index contributed by atoms with van der Waals surface area (Å²) in [5.41, 5.74) is 2.70. The van der Waals surface area contributed by atoms with E-state index in [9.17, 15) is 4.79 Å². The van der Waals surface area contributed by atoms with Gasteiger partial charge in [-0.2, -0.15) is 0 Å². The molecule has 3 N–H and O–H groups in total. The molecular formula is C19H26N4O3.